The maximum atomic E-state index is 13.7. The summed E-state index contributed by atoms with van der Waals surface area (Å²) in [5, 5.41) is 21.8. The first-order chi connectivity index (χ1) is 23.1. The number of aromatic nitrogens is 5. The lowest BCUT2D eigenvalue weighted by Gasteiger charge is -2.27. The van der Waals surface area contributed by atoms with Crippen LogP contribution in [0, 0.1) is 0 Å². The van der Waals surface area contributed by atoms with Gasteiger partial charge in [0.25, 0.3) is 0 Å². The van der Waals surface area contributed by atoms with Crippen molar-refractivity contribution in [2.75, 3.05) is 27.4 Å². The molecule has 6 aromatic rings. The van der Waals surface area contributed by atoms with Gasteiger partial charge in [-0.15, -0.1) is 10.2 Å². The maximum absolute atomic E-state index is 13.7. The molecular formula is C36H40N8O3. The number of aryl methyl sites for hydroxylation is 2. The number of amides is 1. The summed E-state index contributed by atoms with van der Waals surface area (Å²) in [6.07, 6.45) is 6.79. The molecule has 1 amide bonds. The fourth-order valence-electron chi connectivity index (χ4n) is 6.56. The number of hydrogen-bond donors (Lipinski definition) is 5. The second-order valence-corrected chi connectivity index (χ2v) is 11.9. The van der Waals surface area contributed by atoms with Crippen LogP contribution in [0.1, 0.15) is 40.8 Å². The van der Waals surface area contributed by atoms with Gasteiger partial charge >= 0.3 is 0 Å². The van der Waals surface area contributed by atoms with Crippen molar-refractivity contribution < 1.29 is 14.3 Å². The summed E-state index contributed by atoms with van der Waals surface area (Å²) < 4.78 is 13.4. The third kappa shape index (κ3) is 6.45. The molecule has 242 valence electrons. The normalized spacial score (nSPS) is 15.6. The van der Waals surface area contributed by atoms with Gasteiger partial charge in [0.2, 0.25) is 5.91 Å². The second kappa shape index (κ2) is 13.7. The van der Waals surface area contributed by atoms with Gasteiger partial charge in [-0.05, 0) is 54.8 Å². The first-order valence-electron chi connectivity index (χ1n) is 16.1. The molecule has 1 aliphatic heterocycles. The van der Waals surface area contributed by atoms with Gasteiger partial charge in [0.1, 0.15) is 17.3 Å². The Morgan fingerprint density at radius 1 is 0.915 bits per heavy atom. The number of para-hydroxylation sites is 2. The molecule has 5 N–H and O–H groups in total. The van der Waals surface area contributed by atoms with Crippen molar-refractivity contribution in [1.29, 1.82) is 0 Å². The third-order valence-electron chi connectivity index (χ3n) is 9.10. The zero-order valence-corrected chi connectivity index (χ0v) is 26.7. The van der Waals surface area contributed by atoms with Crippen LogP contribution < -0.4 is 25.4 Å². The quantitative estimate of drug-likeness (QED) is 0.135. The zero-order valence-electron chi connectivity index (χ0n) is 26.7. The Balaban J connectivity index is 1.27. The van der Waals surface area contributed by atoms with Gasteiger partial charge in [-0.1, -0.05) is 36.4 Å². The Morgan fingerprint density at radius 3 is 2.38 bits per heavy atom. The molecule has 3 aromatic heterocycles. The number of nitrogens with zero attached hydrogens (tertiary/aromatic N) is 3. The molecule has 1 unspecified atom stereocenters. The van der Waals surface area contributed by atoms with Gasteiger partial charge in [0.05, 0.1) is 32.8 Å². The van der Waals surface area contributed by atoms with Crippen molar-refractivity contribution in [3.05, 3.63) is 107 Å². The summed E-state index contributed by atoms with van der Waals surface area (Å²) in [6.45, 7) is 1.84. The molecule has 0 saturated carbocycles. The zero-order chi connectivity index (χ0) is 32.2. The Kier molecular flexibility index (Phi) is 8.89. The molecule has 1 aliphatic rings. The highest BCUT2D eigenvalue weighted by molar-refractivity contribution is 5.84. The topological polar surface area (TPSA) is 134 Å². The van der Waals surface area contributed by atoms with Crippen LogP contribution in [0.5, 0.6) is 11.5 Å². The molecule has 3 aromatic carbocycles. The number of methoxy groups -OCH3 is 2. The summed E-state index contributed by atoms with van der Waals surface area (Å²) in [5.41, 5.74) is 5.44. The van der Waals surface area contributed by atoms with Gasteiger partial charge in [-0.2, -0.15) is 0 Å². The maximum Gasteiger partial charge on any atom is 0.237 e. The molecule has 47 heavy (non-hydrogen) atoms. The molecule has 0 bridgehead atoms. The summed E-state index contributed by atoms with van der Waals surface area (Å²) in [4.78, 5) is 20.5. The minimum Gasteiger partial charge on any atom is -0.497 e. The second-order valence-electron chi connectivity index (χ2n) is 11.9. The van der Waals surface area contributed by atoms with Crippen molar-refractivity contribution in [2.45, 2.75) is 44.3 Å². The summed E-state index contributed by atoms with van der Waals surface area (Å²) in [7, 11) is 3.31. The van der Waals surface area contributed by atoms with Crippen LogP contribution in [0.15, 0.2) is 79.1 Å². The Morgan fingerprint density at radius 2 is 1.66 bits per heavy atom. The van der Waals surface area contributed by atoms with Crippen LogP contribution in [0.25, 0.3) is 21.8 Å². The number of fused-ring (bicyclic) bond motifs is 2. The van der Waals surface area contributed by atoms with Crippen molar-refractivity contribution in [1.82, 2.24) is 40.7 Å². The van der Waals surface area contributed by atoms with E-state index >= 15 is 0 Å². The van der Waals surface area contributed by atoms with Crippen molar-refractivity contribution >= 4 is 27.7 Å². The van der Waals surface area contributed by atoms with Gasteiger partial charge in [0.15, 0.2) is 5.82 Å². The van der Waals surface area contributed by atoms with Crippen LogP contribution >= 0.6 is 0 Å². The van der Waals surface area contributed by atoms with E-state index in [1.165, 1.54) is 10.9 Å². The lowest BCUT2D eigenvalue weighted by atomic mass is 10.0. The standard InChI is InChI=1S/C36H40N8O3/c1-46-26-13-11-24(33(18-26)47-2)21-44-34(14-12-23-19-38-29-9-5-3-7-27(23)29)42-43-35(44)32(41-36(45)31-15-16-37-22-40-31)17-25-20-39-30-10-6-4-8-28(25)30/h3-11,13,18-20,31-32,37-40H,12,14-17,21-22H2,1-2H3,(H,41,45)/t31?,32-/m1/s1. The van der Waals surface area contributed by atoms with Gasteiger partial charge in [-0.25, -0.2) is 0 Å². The van der Waals surface area contributed by atoms with Gasteiger partial charge in [-0.3, -0.25) is 10.1 Å². The van der Waals surface area contributed by atoms with Crippen LogP contribution in [-0.2, 0) is 30.6 Å². The number of benzene rings is 3. The molecule has 11 nitrogen and oxygen atoms in total. The number of H-pyrrole nitrogens is 2. The van der Waals surface area contributed by atoms with E-state index in [1.54, 1.807) is 14.2 Å². The van der Waals surface area contributed by atoms with E-state index in [2.05, 4.69) is 67.0 Å². The van der Waals surface area contributed by atoms with Crippen LogP contribution in [0.4, 0.5) is 0 Å². The highest BCUT2D eigenvalue weighted by Gasteiger charge is 2.29. The van der Waals surface area contributed by atoms with Crippen molar-refractivity contribution in [3.8, 4) is 11.5 Å². The largest absolute Gasteiger partial charge is 0.497 e. The molecular weight excluding hydrogens is 592 g/mol. The predicted octanol–water partition coefficient (Wildman–Crippen LogP) is 4.40. The molecule has 11 heteroatoms. The Bertz CT molecular complexity index is 1990. The minimum absolute atomic E-state index is 0.0479. The molecule has 0 spiro atoms. The first-order valence-corrected chi connectivity index (χ1v) is 16.1. The first kappa shape index (κ1) is 30.5. The van der Waals surface area contributed by atoms with E-state index in [0.717, 1.165) is 46.3 Å². The Hall–Kier alpha value is -5.13. The van der Waals surface area contributed by atoms with Crippen LogP contribution in [0.3, 0.4) is 0 Å². The molecule has 4 heterocycles. The molecule has 1 fully saturated rings. The smallest absolute Gasteiger partial charge is 0.237 e. The summed E-state index contributed by atoms with van der Waals surface area (Å²) >= 11 is 0. The van der Waals surface area contributed by atoms with Crippen LogP contribution in [0.2, 0.25) is 0 Å². The van der Waals surface area contributed by atoms with E-state index in [1.807, 2.05) is 42.6 Å². The number of aromatic amines is 2. The molecule has 1 saturated heterocycles. The third-order valence-corrected chi connectivity index (χ3v) is 9.10. The minimum atomic E-state index is -0.433. The molecule has 0 radical (unpaired) electrons. The Labute approximate surface area is 273 Å². The van der Waals surface area contributed by atoms with E-state index in [-0.39, 0.29) is 11.9 Å². The average Bonchev–Trinajstić information content (AvgIpc) is 3.84. The van der Waals surface area contributed by atoms with Gasteiger partial charge < -0.3 is 34.6 Å². The average molecular weight is 633 g/mol. The fraction of sp³-hybridized carbons (Fsp3) is 0.306. The lowest BCUT2D eigenvalue weighted by Crippen LogP contribution is -2.53. The molecule has 2 atom stereocenters. The number of hydrogen-bond acceptors (Lipinski definition) is 7. The number of carbonyl (C=O) groups is 1. The van der Waals surface area contributed by atoms with E-state index in [9.17, 15) is 4.79 Å². The highest BCUT2D eigenvalue weighted by Crippen LogP contribution is 2.29. The number of nitrogens with one attached hydrogen (secondary N) is 5. The van der Waals surface area contributed by atoms with Crippen molar-refractivity contribution in [2.24, 2.45) is 0 Å². The molecule has 7 rings (SSSR count). The number of ether oxygens (including phenoxy) is 2. The monoisotopic (exact) mass is 632 g/mol. The van der Waals surface area contributed by atoms with E-state index in [4.69, 9.17) is 19.7 Å². The summed E-state index contributed by atoms with van der Waals surface area (Å²) in [6, 6.07) is 21.7. The lowest BCUT2D eigenvalue weighted by molar-refractivity contribution is -0.124. The fourth-order valence-corrected chi connectivity index (χ4v) is 6.56. The van der Waals surface area contributed by atoms with E-state index < -0.39 is 6.04 Å². The highest BCUT2D eigenvalue weighted by atomic mass is 16.5. The predicted molar refractivity (Wildman–Crippen MR) is 182 cm³/mol. The van der Waals surface area contributed by atoms with Gasteiger partial charge in [0, 0.05) is 65.3 Å². The van der Waals surface area contributed by atoms with Crippen LogP contribution in [-0.4, -0.2) is 64.1 Å². The van der Waals surface area contributed by atoms with Crippen molar-refractivity contribution in [3.63, 3.8) is 0 Å². The molecule has 0 aliphatic carbocycles. The number of carbonyl (C=O) groups excluding carboxylic acids is 1. The van der Waals surface area contributed by atoms with E-state index in [0.29, 0.717) is 49.8 Å². The number of rotatable bonds is 12. The summed E-state index contributed by atoms with van der Waals surface area (Å²) in [5.74, 6) is 2.91. The SMILES string of the molecule is COc1ccc(Cn2c(CCc3c[nH]c4ccccc34)nnc2[C@@H](Cc2c[nH]c3ccccc23)NC(=O)C2CCNCN2)c(OC)c1.